The molecule has 2 N–H and O–H groups in total. The summed E-state index contributed by atoms with van der Waals surface area (Å²) in [6.45, 7) is 5.46. The van der Waals surface area contributed by atoms with Gasteiger partial charge in [0.05, 0.1) is 23.0 Å². The smallest absolute Gasteiger partial charge is 0.348 e. The Kier molecular flexibility index (Phi) is 5.50. The number of carbonyl (C=O) groups excluding carboxylic acids is 1. The lowest BCUT2D eigenvalue weighted by molar-refractivity contribution is -0.137. The van der Waals surface area contributed by atoms with Gasteiger partial charge in [0.2, 0.25) is 0 Å². The molecule has 6 nitrogen and oxygen atoms in total. The molecule has 0 aromatic carbocycles. The molecule has 3 rings (SSSR count). The first-order chi connectivity index (χ1) is 12.8. The summed E-state index contributed by atoms with van der Waals surface area (Å²) >= 11 is 0. The summed E-state index contributed by atoms with van der Waals surface area (Å²) < 4.78 is 39.7. The SMILES string of the molecule is CC(C)c1c(C(=O)N[C@H]2CCCNC2)cnn1-c1ccc(C(F)(F)F)cn1. The van der Waals surface area contributed by atoms with Crippen LogP contribution >= 0.6 is 0 Å². The molecule has 2 aromatic rings. The van der Waals surface area contributed by atoms with Crippen molar-refractivity contribution in [3.63, 3.8) is 0 Å². The Hall–Kier alpha value is -2.42. The van der Waals surface area contributed by atoms with Gasteiger partial charge < -0.3 is 10.6 Å². The summed E-state index contributed by atoms with van der Waals surface area (Å²) in [7, 11) is 0. The molecule has 0 aliphatic carbocycles. The number of hydrogen-bond donors (Lipinski definition) is 2. The van der Waals surface area contributed by atoms with Crippen LogP contribution in [-0.4, -0.2) is 39.8 Å². The van der Waals surface area contributed by atoms with E-state index in [0.717, 1.165) is 38.2 Å². The van der Waals surface area contributed by atoms with Gasteiger partial charge in [-0.3, -0.25) is 4.79 Å². The zero-order valence-corrected chi connectivity index (χ0v) is 15.2. The van der Waals surface area contributed by atoms with E-state index in [1.165, 1.54) is 16.9 Å². The highest BCUT2D eigenvalue weighted by atomic mass is 19.4. The molecule has 0 radical (unpaired) electrons. The van der Waals surface area contributed by atoms with Gasteiger partial charge in [-0.05, 0) is 37.4 Å². The highest BCUT2D eigenvalue weighted by Gasteiger charge is 2.31. The summed E-state index contributed by atoms with van der Waals surface area (Å²) in [5, 5.41) is 10.5. The van der Waals surface area contributed by atoms with Crippen LogP contribution in [0.4, 0.5) is 13.2 Å². The maximum atomic E-state index is 12.7. The van der Waals surface area contributed by atoms with Crippen molar-refractivity contribution in [3.05, 3.63) is 41.3 Å². The number of carbonyl (C=O) groups is 1. The first-order valence-electron chi connectivity index (χ1n) is 8.90. The second-order valence-corrected chi connectivity index (χ2v) is 6.93. The zero-order chi connectivity index (χ0) is 19.6. The summed E-state index contributed by atoms with van der Waals surface area (Å²) in [5.74, 6) is -0.0579. The van der Waals surface area contributed by atoms with Gasteiger partial charge in [-0.25, -0.2) is 9.67 Å². The van der Waals surface area contributed by atoms with E-state index < -0.39 is 11.7 Å². The van der Waals surface area contributed by atoms with Crippen LogP contribution in [0.2, 0.25) is 0 Å². The second kappa shape index (κ2) is 7.67. The van der Waals surface area contributed by atoms with Gasteiger partial charge in [-0.1, -0.05) is 13.8 Å². The van der Waals surface area contributed by atoms with Crippen molar-refractivity contribution in [1.82, 2.24) is 25.4 Å². The van der Waals surface area contributed by atoms with E-state index in [4.69, 9.17) is 0 Å². The molecular weight excluding hydrogens is 359 g/mol. The molecule has 0 spiro atoms. The third kappa shape index (κ3) is 4.29. The Morgan fingerprint density at radius 3 is 2.67 bits per heavy atom. The molecule has 1 saturated heterocycles. The van der Waals surface area contributed by atoms with Gasteiger partial charge >= 0.3 is 6.18 Å². The number of rotatable bonds is 4. The maximum absolute atomic E-state index is 12.7. The summed E-state index contributed by atoms with van der Waals surface area (Å²) in [6.07, 6.45) is -0.328. The minimum atomic E-state index is -4.45. The van der Waals surface area contributed by atoms with Gasteiger partial charge in [0.15, 0.2) is 5.82 Å². The molecule has 3 heterocycles. The van der Waals surface area contributed by atoms with Crippen LogP contribution in [0.5, 0.6) is 0 Å². The van der Waals surface area contributed by atoms with Crippen LogP contribution in [0, 0.1) is 0 Å². The highest BCUT2D eigenvalue weighted by Crippen LogP contribution is 2.29. The Morgan fingerprint density at radius 2 is 2.11 bits per heavy atom. The first-order valence-corrected chi connectivity index (χ1v) is 8.90. The minimum absolute atomic E-state index is 0.0545. The predicted molar refractivity (Wildman–Crippen MR) is 93.8 cm³/mol. The number of aromatic nitrogens is 3. The number of amides is 1. The predicted octanol–water partition coefficient (Wildman–Crippen LogP) is 2.89. The van der Waals surface area contributed by atoms with E-state index in [1.54, 1.807) is 0 Å². The monoisotopic (exact) mass is 381 g/mol. The van der Waals surface area contributed by atoms with Crippen LogP contribution in [0.15, 0.2) is 24.5 Å². The van der Waals surface area contributed by atoms with E-state index in [1.807, 2.05) is 13.8 Å². The Labute approximate surface area is 155 Å². The Balaban J connectivity index is 1.88. The van der Waals surface area contributed by atoms with Crippen molar-refractivity contribution in [1.29, 1.82) is 0 Å². The number of pyridine rings is 1. The van der Waals surface area contributed by atoms with Crippen LogP contribution in [0.3, 0.4) is 0 Å². The molecule has 1 fully saturated rings. The van der Waals surface area contributed by atoms with Crippen molar-refractivity contribution in [2.75, 3.05) is 13.1 Å². The van der Waals surface area contributed by atoms with Crippen molar-refractivity contribution >= 4 is 5.91 Å². The van der Waals surface area contributed by atoms with E-state index in [2.05, 4.69) is 20.7 Å². The molecule has 1 atom stereocenters. The lowest BCUT2D eigenvalue weighted by Gasteiger charge is -2.24. The summed E-state index contributed by atoms with van der Waals surface area (Å²) in [4.78, 5) is 16.6. The van der Waals surface area contributed by atoms with E-state index >= 15 is 0 Å². The Morgan fingerprint density at radius 1 is 1.33 bits per heavy atom. The molecule has 2 aromatic heterocycles. The van der Waals surface area contributed by atoms with Gasteiger partial charge in [0.1, 0.15) is 0 Å². The molecule has 9 heteroatoms. The van der Waals surface area contributed by atoms with E-state index in [0.29, 0.717) is 11.3 Å². The topological polar surface area (TPSA) is 71.8 Å². The third-order valence-electron chi connectivity index (χ3n) is 4.52. The number of alkyl halides is 3. The average Bonchev–Trinajstić information content (AvgIpc) is 3.07. The number of nitrogens with zero attached hydrogens (tertiary/aromatic N) is 3. The van der Waals surface area contributed by atoms with Crippen LogP contribution in [0.25, 0.3) is 5.82 Å². The van der Waals surface area contributed by atoms with Gasteiger partial charge in [0, 0.05) is 18.8 Å². The van der Waals surface area contributed by atoms with Gasteiger partial charge in [0.25, 0.3) is 5.91 Å². The molecule has 0 unspecified atom stereocenters. The number of nitrogens with one attached hydrogen (secondary N) is 2. The highest BCUT2D eigenvalue weighted by molar-refractivity contribution is 5.95. The fourth-order valence-electron chi connectivity index (χ4n) is 3.19. The quantitative estimate of drug-likeness (QED) is 0.854. The fourth-order valence-corrected chi connectivity index (χ4v) is 3.19. The van der Waals surface area contributed by atoms with Gasteiger partial charge in [-0.15, -0.1) is 0 Å². The lowest BCUT2D eigenvalue weighted by atomic mass is 10.0. The van der Waals surface area contributed by atoms with Crippen molar-refractivity contribution in [2.24, 2.45) is 0 Å². The Bertz CT molecular complexity index is 792. The molecule has 0 bridgehead atoms. The number of halogens is 3. The van der Waals surface area contributed by atoms with Crippen LogP contribution < -0.4 is 10.6 Å². The first kappa shape index (κ1) is 19.3. The molecule has 1 aliphatic heterocycles. The minimum Gasteiger partial charge on any atom is -0.348 e. The van der Waals surface area contributed by atoms with Crippen molar-refractivity contribution in [2.45, 2.75) is 44.8 Å². The molecule has 1 aliphatic rings. The van der Waals surface area contributed by atoms with E-state index in [-0.39, 0.29) is 23.7 Å². The third-order valence-corrected chi connectivity index (χ3v) is 4.52. The van der Waals surface area contributed by atoms with Crippen molar-refractivity contribution < 1.29 is 18.0 Å². The summed E-state index contributed by atoms with van der Waals surface area (Å²) in [5.41, 5.74) is 0.202. The molecular formula is C18H22F3N5O. The van der Waals surface area contributed by atoms with E-state index in [9.17, 15) is 18.0 Å². The van der Waals surface area contributed by atoms with Crippen LogP contribution in [0.1, 0.15) is 54.2 Å². The second-order valence-electron chi connectivity index (χ2n) is 6.93. The van der Waals surface area contributed by atoms with Crippen LogP contribution in [-0.2, 0) is 6.18 Å². The maximum Gasteiger partial charge on any atom is 0.417 e. The number of hydrogen-bond acceptors (Lipinski definition) is 4. The number of piperidine rings is 1. The molecule has 27 heavy (non-hydrogen) atoms. The molecule has 0 saturated carbocycles. The largest absolute Gasteiger partial charge is 0.417 e. The molecule has 146 valence electrons. The standard InChI is InChI=1S/C18H22F3N5O/c1-11(2)16-14(17(27)25-13-4-3-7-22-9-13)10-24-26(16)15-6-5-12(8-23-15)18(19,20)21/h5-6,8,10-11,13,22H,3-4,7,9H2,1-2H3,(H,25,27)/t13-/m0/s1. The van der Waals surface area contributed by atoms with Gasteiger partial charge in [-0.2, -0.15) is 18.3 Å². The zero-order valence-electron chi connectivity index (χ0n) is 15.2. The average molecular weight is 381 g/mol. The van der Waals surface area contributed by atoms with Crippen molar-refractivity contribution in [3.8, 4) is 5.82 Å². The normalized spacial score (nSPS) is 17.9. The summed E-state index contributed by atoms with van der Waals surface area (Å²) in [6, 6.07) is 2.27. The fraction of sp³-hybridized carbons (Fsp3) is 0.500. The molecule has 1 amide bonds. The lowest BCUT2D eigenvalue weighted by Crippen LogP contribution is -2.45.